The Labute approximate surface area is 166 Å². The molecular formula is C20H18N4O4S. The van der Waals surface area contributed by atoms with E-state index in [2.05, 4.69) is 10.2 Å². The maximum atomic E-state index is 12.9. The fourth-order valence-corrected chi connectivity index (χ4v) is 4.33. The lowest BCUT2D eigenvalue weighted by Crippen LogP contribution is -2.23. The van der Waals surface area contributed by atoms with Gasteiger partial charge in [0.1, 0.15) is 5.75 Å². The van der Waals surface area contributed by atoms with Crippen molar-refractivity contribution in [1.82, 2.24) is 19.6 Å². The van der Waals surface area contributed by atoms with Crippen LogP contribution in [-0.2, 0) is 23.4 Å². The zero-order valence-electron chi connectivity index (χ0n) is 15.8. The normalized spacial score (nSPS) is 11.7. The molecule has 4 rings (SSSR count). The van der Waals surface area contributed by atoms with Gasteiger partial charge in [-0.05, 0) is 48.5 Å². The van der Waals surface area contributed by atoms with Gasteiger partial charge >= 0.3 is 0 Å². The molecule has 0 bridgehead atoms. The van der Waals surface area contributed by atoms with Gasteiger partial charge in [0.25, 0.3) is 5.56 Å². The topological polar surface area (TPSA) is 96.1 Å². The van der Waals surface area contributed by atoms with E-state index in [0.29, 0.717) is 22.2 Å². The Bertz CT molecular complexity index is 1360. The third-order valence-electron chi connectivity index (χ3n) is 4.58. The third kappa shape index (κ3) is 3.52. The number of benzene rings is 2. The number of nitrogens with zero attached hydrogens (tertiary/aromatic N) is 4. The molecule has 0 aliphatic rings. The molecule has 0 saturated carbocycles. The minimum Gasteiger partial charge on any atom is -0.497 e. The number of rotatable bonds is 5. The van der Waals surface area contributed by atoms with Gasteiger partial charge < -0.3 is 4.74 Å². The molecular weight excluding hydrogens is 392 g/mol. The minimum absolute atomic E-state index is 0.0962. The van der Waals surface area contributed by atoms with Crippen LogP contribution in [0.4, 0.5) is 0 Å². The van der Waals surface area contributed by atoms with E-state index < -0.39 is 9.84 Å². The van der Waals surface area contributed by atoms with Gasteiger partial charge in [-0.25, -0.2) is 13.1 Å². The summed E-state index contributed by atoms with van der Waals surface area (Å²) in [6.07, 6.45) is 3.28. The first-order valence-electron chi connectivity index (χ1n) is 8.76. The van der Waals surface area contributed by atoms with Crippen molar-refractivity contribution in [3.8, 4) is 5.75 Å². The lowest BCUT2D eigenvalue weighted by molar-refractivity contribution is 0.414. The van der Waals surface area contributed by atoms with Crippen LogP contribution in [0.1, 0.15) is 5.69 Å². The monoisotopic (exact) mass is 410 g/mol. The van der Waals surface area contributed by atoms with E-state index in [4.69, 9.17) is 4.74 Å². The molecule has 0 radical (unpaired) electrons. The van der Waals surface area contributed by atoms with Crippen LogP contribution in [0, 0.1) is 0 Å². The Balaban J connectivity index is 1.72. The zero-order chi connectivity index (χ0) is 20.6. The average molecular weight is 410 g/mol. The number of sulfone groups is 1. The summed E-state index contributed by atoms with van der Waals surface area (Å²) in [7, 11) is -0.418. The van der Waals surface area contributed by atoms with Crippen molar-refractivity contribution >= 4 is 20.6 Å². The number of ether oxygens (including phenoxy) is 1. The van der Waals surface area contributed by atoms with Gasteiger partial charge in [-0.2, -0.15) is 10.2 Å². The van der Waals surface area contributed by atoms with Crippen molar-refractivity contribution in [2.24, 2.45) is 7.05 Å². The fraction of sp³-hybridized carbons (Fsp3) is 0.150. The summed E-state index contributed by atoms with van der Waals surface area (Å²) in [5.74, 6) is 0.570. The van der Waals surface area contributed by atoms with Crippen LogP contribution in [0.2, 0.25) is 0 Å². The maximum Gasteiger partial charge on any atom is 0.274 e. The maximum absolute atomic E-state index is 12.9. The summed E-state index contributed by atoms with van der Waals surface area (Å²) >= 11 is 0. The number of fused-ring (bicyclic) bond motifs is 1. The summed E-state index contributed by atoms with van der Waals surface area (Å²) in [4.78, 5) is 13.0. The second kappa shape index (κ2) is 7.17. The van der Waals surface area contributed by atoms with Crippen molar-refractivity contribution < 1.29 is 13.2 Å². The molecule has 0 atom stereocenters. The summed E-state index contributed by atoms with van der Waals surface area (Å²) < 4.78 is 33.9. The molecule has 0 aliphatic heterocycles. The Morgan fingerprint density at radius 3 is 2.41 bits per heavy atom. The van der Waals surface area contributed by atoms with Gasteiger partial charge in [-0.1, -0.05) is 0 Å². The highest BCUT2D eigenvalue weighted by Crippen LogP contribution is 2.25. The van der Waals surface area contributed by atoms with E-state index in [1.807, 2.05) is 6.07 Å². The van der Waals surface area contributed by atoms with Gasteiger partial charge in [-0.15, -0.1) is 0 Å². The molecule has 2 heterocycles. The first kappa shape index (κ1) is 18.9. The zero-order valence-corrected chi connectivity index (χ0v) is 16.6. The van der Waals surface area contributed by atoms with Crippen LogP contribution in [0.15, 0.2) is 75.5 Å². The van der Waals surface area contributed by atoms with Gasteiger partial charge in [0.2, 0.25) is 9.84 Å². The summed E-state index contributed by atoms with van der Waals surface area (Å²) in [5, 5.41) is 9.27. The summed E-state index contributed by atoms with van der Waals surface area (Å²) in [6.45, 7) is 0.238. The minimum atomic E-state index is -3.73. The second-order valence-electron chi connectivity index (χ2n) is 6.52. The Hall–Kier alpha value is -3.46. The molecule has 8 nitrogen and oxygen atoms in total. The fourth-order valence-electron chi connectivity index (χ4n) is 3.04. The quantitative estimate of drug-likeness (QED) is 0.499. The summed E-state index contributed by atoms with van der Waals surface area (Å²) in [6, 6.07) is 12.4. The molecule has 2 aromatic heterocycles. The number of aryl methyl sites for hydroxylation is 1. The lowest BCUT2D eigenvalue weighted by atomic mass is 10.2. The molecule has 0 N–H and O–H groups in total. The Kier molecular flexibility index (Phi) is 4.67. The number of hydrogen-bond acceptors (Lipinski definition) is 6. The van der Waals surface area contributed by atoms with E-state index in [-0.39, 0.29) is 21.9 Å². The largest absolute Gasteiger partial charge is 0.497 e. The van der Waals surface area contributed by atoms with Crippen molar-refractivity contribution in [1.29, 1.82) is 0 Å². The molecule has 4 aromatic rings. The second-order valence-corrected chi connectivity index (χ2v) is 8.47. The Morgan fingerprint density at radius 1 is 1.03 bits per heavy atom. The first-order chi connectivity index (χ1) is 13.9. The van der Waals surface area contributed by atoms with E-state index in [0.717, 1.165) is 0 Å². The molecule has 0 spiro atoms. The first-order valence-corrected chi connectivity index (χ1v) is 10.2. The van der Waals surface area contributed by atoms with E-state index in [9.17, 15) is 13.2 Å². The van der Waals surface area contributed by atoms with Crippen molar-refractivity contribution in [3.05, 3.63) is 77.0 Å². The lowest BCUT2D eigenvalue weighted by Gasteiger charge is -2.08. The number of aromatic nitrogens is 4. The van der Waals surface area contributed by atoms with Gasteiger partial charge in [0, 0.05) is 18.6 Å². The summed E-state index contributed by atoms with van der Waals surface area (Å²) in [5.41, 5.74) is 0.404. The van der Waals surface area contributed by atoms with Crippen LogP contribution in [0.5, 0.6) is 5.75 Å². The Morgan fingerprint density at radius 2 is 1.76 bits per heavy atom. The predicted molar refractivity (Wildman–Crippen MR) is 107 cm³/mol. The smallest absolute Gasteiger partial charge is 0.274 e. The van der Waals surface area contributed by atoms with Crippen LogP contribution >= 0.6 is 0 Å². The third-order valence-corrected chi connectivity index (χ3v) is 6.35. The molecule has 0 saturated heterocycles. The highest BCUT2D eigenvalue weighted by molar-refractivity contribution is 7.91. The van der Waals surface area contributed by atoms with Gasteiger partial charge in [0.15, 0.2) is 0 Å². The van der Waals surface area contributed by atoms with E-state index >= 15 is 0 Å². The predicted octanol–water partition coefficient (Wildman–Crippen LogP) is 2.02. The standard InChI is InChI=1S/C20H18N4O4S/c1-23-10-9-15(22-23)13-24-20(25)19-8-7-18(11-14(19)12-21-24)29(26,27)17-5-3-16(28-2)4-6-17/h3-12H,13H2,1-2H3. The molecule has 148 valence electrons. The highest BCUT2D eigenvalue weighted by Gasteiger charge is 2.19. The van der Waals surface area contributed by atoms with Crippen LogP contribution in [0.25, 0.3) is 10.8 Å². The molecule has 2 aromatic carbocycles. The molecule has 0 unspecified atom stereocenters. The number of hydrogen-bond donors (Lipinski definition) is 0. The highest BCUT2D eigenvalue weighted by atomic mass is 32.2. The molecule has 0 aliphatic carbocycles. The van der Waals surface area contributed by atoms with Crippen LogP contribution < -0.4 is 10.3 Å². The van der Waals surface area contributed by atoms with E-state index in [1.54, 1.807) is 30.1 Å². The molecule has 29 heavy (non-hydrogen) atoms. The molecule has 0 amide bonds. The van der Waals surface area contributed by atoms with Crippen molar-refractivity contribution in [3.63, 3.8) is 0 Å². The van der Waals surface area contributed by atoms with Crippen molar-refractivity contribution in [2.45, 2.75) is 16.3 Å². The van der Waals surface area contributed by atoms with Gasteiger partial charge in [0.05, 0.1) is 40.7 Å². The SMILES string of the molecule is COc1ccc(S(=O)(=O)c2ccc3c(=O)n(Cc4ccn(C)n4)ncc3c2)cc1. The van der Waals surface area contributed by atoms with Crippen molar-refractivity contribution in [2.75, 3.05) is 7.11 Å². The average Bonchev–Trinajstić information content (AvgIpc) is 3.14. The molecule has 9 heteroatoms. The van der Waals surface area contributed by atoms with Gasteiger partial charge in [-0.3, -0.25) is 9.48 Å². The van der Waals surface area contributed by atoms with Crippen LogP contribution in [-0.4, -0.2) is 35.1 Å². The molecule has 0 fully saturated rings. The number of methoxy groups -OCH3 is 1. The van der Waals surface area contributed by atoms with Crippen LogP contribution in [0.3, 0.4) is 0 Å². The van der Waals surface area contributed by atoms with E-state index in [1.165, 1.54) is 48.3 Å².